The van der Waals surface area contributed by atoms with E-state index in [0.29, 0.717) is 27.2 Å². The number of para-hydroxylation sites is 1. The van der Waals surface area contributed by atoms with E-state index in [1.165, 1.54) is 17.7 Å². The Labute approximate surface area is 309 Å². The monoisotopic (exact) mass is 791 g/mol. The van der Waals surface area contributed by atoms with Crippen LogP contribution >= 0.6 is 0 Å². The molecule has 0 saturated carbocycles. The Balaban J connectivity index is 1.51. The fourth-order valence-electron chi connectivity index (χ4n) is 6.84. The first-order valence-electron chi connectivity index (χ1n) is 16.6. The third-order valence-electron chi connectivity index (χ3n) is 8.80. The van der Waals surface area contributed by atoms with E-state index >= 15 is 8.78 Å². The standard InChI is InChI=1S/C36H32F7N7O4S/c1-19-17-35(39,40)33-29(19)32(36(41,42)43)46-50(33)18-28(52)45-27(15-20-13-21(37)16-22(38)14-20)30-24(11-10-23(44-30)7-4-5-12-51)25-8-6-9-26-31(25)49(2)47-34(26)48-55(3,53)54/h6,8-11,13-14,16,19,27,51H,5,12,15,17-18H2,1-3H3,(H,45,52)(H,47,48)/t19-,27?/m0/s1. The first-order chi connectivity index (χ1) is 25.8. The third-order valence-corrected chi connectivity index (χ3v) is 9.36. The summed E-state index contributed by atoms with van der Waals surface area (Å²) in [5.41, 5.74) is -2.03. The van der Waals surface area contributed by atoms with Crippen LogP contribution in [0, 0.1) is 23.5 Å². The molecule has 0 spiro atoms. The van der Waals surface area contributed by atoms with E-state index in [4.69, 9.17) is 0 Å². The molecule has 2 atom stereocenters. The van der Waals surface area contributed by atoms with Gasteiger partial charge < -0.3 is 10.4 Å². The van der Waals surface area contributed by atoms with Crippen molar-refractivity contribution in [3.05, 3.63) is 94.1 Å². The molecule has 290 valence electrons. The van der Waals surface area contributed by atoms with Crippen LogP contribution in [0.25, 0.3) is 22.0 Å². The van der Waals surface area contributed by atoms with E-state index in [-0.39, 0.29) is 47.8 Å². The Morgan fingerprint density at radius 3 is 2.45 bits per heavy atom. The van der Waals surface area contributed by atoms with Crippen LogP contribution in [0.5, 0.6) is 0 Å². The smallest absolute Gasteiger partial charge is 0.395 e. The van der Waals surface area contributed by atoms with Crippen LogP contribution in [0.1, 0.15) is 65.6 Å². The average Bonchev–Trinajstić information content (AvgIpc) is 3.69. The number of carbonyl (C=O) groups is 1. The summed E-state index contributed by atoms with van der Waals surface area (Å²) in [5.74, 6) is -2.43. The van der Waals surface area contributed by atoms with E-state index in [9.17, 15) is 40.3 Å². The van der Waals surface area contributed by atoms with Crippen molar-refractivity contribution < 1.29 is 49.1 Å². The molecule has 0 saturated heterocycles. The van der Waals surface area contributed by atoms with Crippen LogP contribution in [0.3, 0.4) is 0 Å². The third kappa shape index (κ3) is 8.29. The normalized spacial score (nSPS) is 15.7. The molecular weight excluding hydrogens is 759 g/mol. The maximum absolute atomic E-state index is 15.1. The van der Waals surface area contributed by atoms with E-state index in [0.717, 1.165) is 18.4 Å². The molecule has 0 aliphatic heterocycles. The first-order valence-corrected chi connectivity index (χ1v) is 18.5. The van der Waals surface area contributed by atoms with Crippen molar-refractivity contribution in [3.8, 4) is 23.0 Å². The summed E-state index contributed by atoms with van der Waals surface area (Å²) in [6.07, 6.45) is -5.36. The number of aliphatic hydroxyl groups excluding tert-OH is 1. The second kappa shape index (κ2) is 14.6. The molecule has 1 aliphatic rings. The van der Waals surface area contributed by atoms with Gasteiger partial charge in [0.25, 0.3) is 5.92 Å². The summed E-state index contributed by atoms with van der Waals surface area (Å²) < 4.78 is 129. The molecule has 1 amide bonds. The Bertz CT molecular complexity index is 2470. The Hall–Kier alpha value is -5.48. The van der Waals surface area contributed by atoms with Gasteiger partial charge in [-0.1, -0.05) is 25.0 Å². The number of halogens is 7. The molecule has 3 heterocycles. The van der Waals surface area contributed by atoms with E-state index in [1.54, 1.807) is 31.3 Å². The van der Waals surface area contributed by atoms with Gasteiger partial charge in [-0.2, -0.15) is 32.1 Å². The highest BCUT2D eigenvalue weighted by atomic mass is 32.2. The number of pyridine rings is 1. The van der Waals surface area contributed by atoms with E-state index in [2.05, 4.69) is 37.1 Å². The maximum atomic E-state index is 15.1. The Kier molecular flexibility index (Phi) is 10.4. The van der Waals surface area contributed by atoms with Gasteiger partial charge in [0, 0.05) is 48.0 Å². The summed E-state index contributed by atoms with van der Waals surface area (Å²) in [6.45, 7) is -0.140. The number of aliphatic hydroxyl groups is 1. The quantitative estimate of drug-likeness (QED) is 0.118. The molecule has 2 aromatic carbocycles. The average molecular weight is 792 g/mol. The molecule has 5 aromatic rings. The van der Waals surface area contributed by atoms with Crippen molar-refractivity contribution in [2.45, 2.75) is 56.8 Å². The highest BCUT2D eigenvalue weighted by molar-refractivity contribution is 7.92. The van der Waals surface area contributed by atoms with E-state index in [1.807, 2.05) is 0 Å². The zero-order valence-electron chi connectivity index (χ0n) is 29.3. The number of sulfonamides is 1. The highest BCUT2D eigenvalue weighted by Crippen LogP contribution is 2.52. The predicted octanol–water partition coefficient (Wildman–Crippen LogP) is 5.93. The lowest BCUT2D eigenvalue weighted by Gasteiger charge is -2.23. The lowest BCUT2D eigenvalue weighted by atomic mass is 9.93. The maximum Gasteiger partial charge on any atom is 0.435 e. The minimum Gasteiger partial charge on any atom is -0.395 e. The number of hydrogen-bond acceptors (Lipinski definition) is 7. The highest BCUT2D eigenvalue weighted by Gasteiger charge is 2.53. The van der Waals surface area contributed by atoms with Crippen LogP contribution in [0.4, 0.5) is 36.6 Å². The van der Waals surface area contributed by atoms with Gasteiger partial charge in [0.2, 0.25) is 15.9 Å². The van der Waals surface area contributed by atoms with Gasteiger partial charge in [-0.3, -0.25) is 18.9 Å². The van der Waals surface area contributed by atoms with Gasteiger partial charge in [-0.15, -0.1) is 0 Å². The molecular formula is C36H32F7N7O4S. The number of amides is 1. The fourth-order valence-corrected chi connectivity index (χ4v) is 7.35. The zero-order valence-corrected chi connectivity index (χ0v) is 30.1. The SMILES string of the molecule is C[C@H]1CC(F)(F)c2c1c(C(F)(F)F)nn2CC(=O)NC(Cc1cc(F)cc(F)c1)c1nc(C#CCCO)ccc1-c1cccc2c(NS(C)(=O)=O)nn(C)c12. The van der Waals surface area contributed by atoms with Crippen molar-refractivity contribution in [2.75, 3.05) is 17.6 Å². The van der Waals surface area contributed by atoms with Gasteiger partial charge in [0.1, 0.15) is 29.6 Å². The molecule has 0 fully saturated rings. The molecule has 11 nitrogen and oxygen atoms in total. The Morgan fingerprint density at radius 1 is 1.09 bits per heavy atom. The number of fused-ring (bicyclic) bond motifs is 2. The van der Waals surface area contributed by atoms with Gasteiger partial charge >= 0.3 is 6.18 Å². The van der Waals surface area contributed by atoms with Gasteiger partial charge in [-0.05, 0) is 54.2 Å². The number of carbonyl (C=O) groups excluding carboxylic acids is 1. The topological polar surface area (TPSA) is 144 Å². The number of nitrogens with one attached hydrogen (secondary N) is 2. The molecule has 19 heteroatoms. The van der Waals surface area contributed by atoms with Gasteiger partial charge in [0.15, 0.2) is 11.5 Å². The number of rotatable bonds is 10. The molecule has 55 heavy (non-hydrogen) atoms. The van der Waals surface area contributed by atoms with Gasteiger partial charge in [-0.25, -0.2) is 22.2 Å². The number of hydrogen-bond donors (Lipinski definition) is 3. The second-order valence-electron chi connectivity index (χ2n) is 13.1. The number of alkyl halides is 5. The van der Waals surface area contributed by atoms with Crippen molar-refractivity contribution in [2.24, 2.45) is 7.05 Å². The summed E-state index contributed by atoms with van der Waals surface area (Å²) in [7, 11) is -2.22. The van der Waals surface area contributed by atoms with Crippen molar-refractivity contribution in [1.82, 2.24) is 29.9 Å². The zero-order chi connectivity index (χ0) is 40.0. The van der Waals surface area contributed by atoms with E-state index < -0.39 is 81.5 Å². The first kappa shape index (κ1) is 39.2. The summed E-state index contributed by atoms with van der Waals surface area (Å²) in [5, 5.41) is 19.9. The lowest BCUT2D eigenvalue weighted by molar-refractivity contribution is -0.142. The minimum absolute atomic E-state index is 0.000890. The molecule has 0 bridgehead atoms. The molecule has 1 unspecified atom stereocenters. The van der Waals surface area contributed by atoms with Crippen LogP contribution in [0.15, 0.2) is 48.5 Å². The lowest BCUT2D eigenvalue weighted by Crippen LogP contribution is -2.35. The molecule has 3 N–H and O–H groups in total. The largest absolute Gasteiger partial charge is 0.435 e. The van der Waals surface area contributed by atoms with Crippen LogP contribution < -0.4 is 10.0 Å². The Morgan fingerprint density at radius 2 is 1.80 bits per heavy atom. The molecule has 0 radical (unpaired) electrons. The second-order valence-corrected chi connectivity index (χ2v) is 14.9. The number of aromatic nitrogens is 5. The summed E-state index contributed by atoms with van der Waals surface area (Å²) >= 11 is 0. The number of anilines is 1. The summed E-state index contributed by atoms with van der Waals surface area (Å²) in [6, 6.07) is 9.20. The van der Waals surface area contributed by atoms with Gasteiger partial charge in [0.05, 0.1) is 30.1 Å². The van der Waals surface area contributed by atoms with Crippen LogP contribution in [-0.2, 0) is 46.9 Å². The van der Waals surface area contributed by atoms with Crippen molar-refractivity contribution in [1.29, 1.82) is 0 Å². The number of aryl methyl sites for hydroxylation is 1. The minimum atomic E-state index is -5.09. The van der Waals surface area contributed by atoms with Crippen LogP contribution in [-0.4, -0.2) is 56.8 Å². The van der Waals surface area contributed by atoms with Crippen molar-refractivity contribution >= 4 is 32.7 Å². The fraction of sp³-hybridized carbons (Fsp3) is 0.333. The van der Waals surface area contributed by atoms with Crippen LogP contribution in [0.2, 0.25) is 0 Å². The summed E-state index contributed by atoms with van der Waals surface area (Å²) in [4.78, 5) is 18.5. The molecule has 3 aromatic heterocycles. The predicted molar refractivity (Wildman–Crippen MR) is 186 cm³/mol. The molecule has 1 aliphatic carbocycles. The van der Waals surface area contributed by atoms with Crippen molar-refractivity contribution in [3.63, 3.8) is 0 Å². The number of benzene rings is 2. The molecule has 6 rings (SSSR count). The number of nitrogens with zero attached hydrogens (tertiary/aromatic N) is 5.